The Bertz CT molecular complexity index is 577. The van der Waals surface area contributed by atoms with Gasteiger partial charge in [0.2, 0.25) is 10.0 Å². The third kappa shape index (κ3) is 3.66. The van der Waals surface area contributed by atoms with Crippen molar-refractivity contribution in [2.45, 2.75) is 19.4 Å². The molecule has 2 rings (SSSR count). The number of sulfonamides is 1. The SMILES string of the molecule is CC(C)C1(O)CN(S(=O)(=O)CCOc2ccc(N)cc2)C1. The summed E-state index contributed by atoms with van der Waals surface area (Å²) in [6, 6.07) is 6.79. The number of aliphatic hydroxyl groups is 1. The van der Waals surface area contributed by atoms with Crippen molar-refractivity contribution >= 4 is 15.7 Å². The Morgan fingerprint density at radius 2 is 1.90 bits per heavy atom. The smallest absolute Gasteiger partial charge is 0.217 e. The zero-order chi connectivity index (χ0) is 15.7. The molecule has 6 nitrogen and oxygen atoms in total. The molecular formula is C14H22N2O4S. The van der Waals surface area contributed by atoms with Crippen molar-refractivity contribution in [3.63, 3.8) is 0 Å². The number of hydrogen-bond donors (Lipinski definition) is 2. The minimum absolute atomic E-state index is 0.0370. The monoisotopic (exact) mass is 314 g/mol. The summed E-state index contributed by atoms with van der Waals surface area (Å²) in [6.45, 7) is 4.16. The van der Waals surface area contributed by atoms with Crippen LogP contribution >= 0.6 is 0 Å². The molecular weight excluding hydrogens is 292 g/mol. The van der Waals surface area contributed by atoms with Gasteiger partial charge in [0.1, 0.15) is 12.4 Å². The highest BCUT2D eigenvalue weighted by Crippen LogP contribution is 2.30. The maximum atomic E-state index is 12.1. The number of β-amino-alcohol motifs (C(OH)–C–C–N with tert-alkyl or cyclic N) is 1. The minimum Gasteiger partial charge on any atom is -0.492 e. The Balaban J connectivity index is 1.82. The lowest BCUT2D eigenvalue weighted by Crippen LogP contribution is -2.66. The van der Waals surface area contributed by atoms with E-state index in [0.29, 0.717) is 11.4 Å². The normalized spacial score (nSPS) is 18.5. The zero-order valence-corrected chi connectivity index (χ0v) is 13.1. The van der Waals surface area contributed by atoms with E-state index in [1.54, 1.807) is 24.3 Å². The second-order valence-corrected chi connectivity index (χ2v) is 7.85. The lowest BCUT2D eigenvalue weighted by Gasteiger charge is -2.47. The van der Waals surface area contributed by atoms with Gasteiger partial charge in [-0.05, 0) is 30.2 Å². The standard InChI is InChI=1S/C14H22N2O4S/c1-11(2)14(17)9-16(10-14)21(18,19)8-7-20-13-5-3-12(15)4-6-13/h3-6,11,17H,7-10,15H2,1-2H3. The molecule has 118 valence electrons. The summed E-state index contributed by atoms with van der Waals surface area (Å²) >= 11 is 0. The van der Waals surface area contributed by atoms with Gasteiger partial charge in [0, 0.05) is 18.8 Å². The molecule has 0 radical (unpaired) electrons. The number of rotatable bonds is 6. The summed E-state index contributed by atoms with van der Waals surface area (Å²) in [5.41, 5.74) is 5.29. The molecule has 0 unspecified atom stereocenters. The highest BCUT2D eigenvalue weighted by Gasteiger charge is 2.48. The molecule has 0 bridgehead atoms. The molecule has 1 saturated heterocycles. The summed E-state index contributed by atoms with van der Waals surface area (Å²) in [5.74, 6) is 0.516. The van der Waals surface area contributed by atoms with Crippen LogP contribution in [0.2, 0.25) is 0 Å². The molecule has 1 aromatic rings. The van der Waals surface area contributed by atoms with Crippen LogP contribution in [0.1, 0.15) is 13.8 Å². The van der Waals surface area contributed by atoms with Gasteiger partial charge >= 0.3 is 0 Å². The number of nitrogens with zero attached hydrogens (tertiary/aromatic N) is 1. The molecule has 0 saturated carbocycles. The van der Waals surface area contributed by atoms with E-state index in [1.165, 1.54) is 4.31 Å². The number of ether oxygens (including phenoxy) is 1. The van der Waals surface area contributed by atoms with Gasteiger partial charge in [-0.2, -0.15) is 4.31 Å². The highest BCUT2D eigenvalue weighted by molar-refractivity contribution is 7.89. The zero-order valence-electron chi connectivity index (χ0n) is 12.3. The molecule has 7 heteroatoms. The number of nitrogens with two attached hydrogens (primary N) is 1. The molecule has 0 amide bonds. The Kier molecular flexibility index (Phi) is 4.46. The molecule has 1 aliphatic rings. The summed E-state index contributed by atoms with van der Waals surface area (Å²) in [4.78, 5) is 0. The number of anilines is 1. The second kappa shape index (κ2) is 5.82. The number of nitrogen functional groups attached to an aromatic ring is 1. The minimum atomic E-state index is -3.38. The van der Waals surface area contributed by atoms with E-state index in [-0.39, 0.29) is 31.4 Å². The van der Waals surface area contributed by atoms with E-state index in [9.17, 15) is 13.5 Å². The van der Waals surface area contributed by atoms with Crippen LogP contribution in [0.5, 0.6) is 5.75 Å². The predicted octanol–water partition coefficient (Wildman–Crippen LogP) is 0.680. The van der Waals surface area contributed by atoms with E-state index < -0.39 is 15.6 Å². The van der Waals surface area contributed by atoms with E-state index in [4.69, 9.17) is 10.5 Å². The van der Waals surface area contributed by atoms with Crippen molar-refractivity contribution in [3.8, 4) is 5.75 Å². The molecule has 21 heavy (non-hydrogen) atoms. The fraction of sp³-hybridized carbons (Fsp3) is 0.571. The van der Waals surface area contributed by atoms with Gasteiger partial charge in [-0.1, -0.05) is 13.8 Å². The molecule has 0 aliphatic carbocycles. The van der Waals surface area contributed by atoms with Gasteiger partial charge in [-0.3, -0.25) is 0 Å². The van der Waals surface area contributed by atoms with Crippen LogP contribution in [0, 0.1) is 5.92 Å². The second-order valence-electron chi connectivity index (χ2n) is 5.76. The average molecular weight is 314 g/mol. The van der Waals surface area contributed by atoms with Crippen molar-refractivity contribution in [1.82, 2.24) is 4.31 Å². The van der Waals surface area contributed by atoms with Crippen LogP contribution in [-0.2, 0) is 10.0 Å². The Labute approximate surface area is 125 Å². The topological polar surface area (TPSA) is 92.9 Å². The summed E-state index contributed by atoms with van der Waals surface area (Å²) in [7, 11) is -3.38. The lowest BCUT2D eigenvalue weighted by molar-refractivity contribution is -0.0932. The van der Waals surface area contributed by atoms with E-state index in [1.807, 2.05) is 13.8 Å². The van der Waals surface area contributed by atoms with Crippen LogP contribution in [-0.4, -0.2) is 48.9 Å². The first-order valence-corrected chi connectivity index (χ1v) is 8.52. The molecule has 0 aromatic heterocycles. The molecule has 1 aliphatic heterocycles. The van der Waals surface area contributed by atoms with Crippen LogP contribution in [0.4, 0.5) is 5.69 Å². The molecule has 3 N–H and O–H groups in total. The number of hydrogen-bond acceptors (Lipinski definition) is 5. The maximum absolute atomic E-state index is 12.1. The first-order chi connectivity index (χ1) is 9.73. The van der Waals surface area contributed by atoms with Gasteiger partial charge in [-0.15, -0.1) is 0 Å². The third-order valence-corrected chi connectivity index (χ3v) is 5.59. The van der Waals surface area contributed by atoms with Crippen LogP contribution in [0.3, 0.4) is 0 Å². The highest BCUT2D eigenvalue weighted by atomic mass is 32.2. The molecule has 1 heterocycles. The molecule has 1 aromatic carbocycles. The Morgan fingerprint density at radius 1 is 1.33 bits per heavy atom. The average Bonchev–Trinajstić information content (AvgIpc) is 2.37. The lowest BCUT2D eigenvalue weighted by atomic mass is 9.85. The predicted molar refractivity (Wildman–Crippen MR) is 81.5 cm³/mol. The maximum Gasteiger partial charge on any atom is 0.217 e. The quantitative estimate of drug-likeness (QED) is 0.753. The van der Waals surface area contributed by atoms with Gasteiger partial charge < -0.3 is 15.6 Å². The van der Waals surface area contributed by atoms with Gasteiger partial charge in [0.25, 0.3) is 0 Å². The first kappa shape index (κ1) is 16.1. The van der Waals surface area contributed by atoms with Crippen LogP contribution < -0.4 is 10.5 Å². The summed E-state index contributed by atoms with van der Waals surface area (Å²) in [5, 5.41) is 10.1. The van der Waals surface area contributed by atoms with Crippen molar-refractivity contribution in [2.75, 3.05) is 31.2 Å². The van der Waals surface area contributed by atoms with Gasteiger partial charge in [0.05, 0.1) is 11.4 Å². The fourth-order valence-electron chi connectivity index (χ4n) is 2.08. The third-order valence-electron chi connectivity index (χ3n) is 3.86. The van der Waals surface area contributed by atoms with Crippen molar-refractivity contribution in [2.24, 2.45) is 5.92 Å². The van der Waals surface area contributed by atoms with E-state index in [0.717, 1.165) is 0 Å². The Morgan fingerprint density at radius 3 is 2.43 bits per heavy atom. The van der Waals surface area contributed by atoms with Crippen molar-refractivity contribution in [1.29, 1.82) is 0 Å². The van der Waals surface area contributed by atoms with Gasteiger partial charge in [0.15, 0.2) is 0 Å². The molecule has 1 fully saturated rings. The van der Waals surface area contributed by atoms with E-state index >= 15 is 0 Å². The summed E-state index contributed by atoms with van der Waals surface area (Å²) in [6.07, 6.45) is 0. The first-order valence-electron chi connectivity index (χ1n) is 6.91. The summed E-state index contributed by atoms with van der Waals surface area (Å²) < 4.78 is 30.9. The largest absolute Gasteiger partial charge is 0.492 e. The van der Waals surface area contributed by atoms with Crippen molar-refractivity contribution < 1.29 is 18.3 Å². The molecule has 0 atom stereocenters. The van der Waals surface area contributed by atoms with E-state index in [2.05, 4.69) is 0 Å². The Hall–Kier alpha value is -1.31. The van der Waals surface area contributed by atoms with Crippen molar-refractivity contribution in [3.05, 3.63) is 24.3 Å². The molecule has 0 spiro atoms. The number of benzene rings is 1. The fourth-order valence-corrected chi connectivity index (χ4v) is 3.48. The van der Waals surface area contributed by atoms with Gasteiger partial charge in [-0.25, -0.2) is 8.42 Å². The van der Waals surface area contributed by atoms with Crippen LogP contribution in [0.15, 0.2) is 24.3 Å². The van der Waals surface area contributed by atoms with Crippen LogP contribution in [0.25, 0.3) is 0 Å².